The summed E-state index contributed by atoms with van der Waals surface area (Å²) < 4.78 is 4.97. The number of esters is 1. The third-order valence-electron chi connectivity index (χ3n) is 3.52. The summed E-state index contributed by atoms with van der Waals surface area (Å²) in [5, 5.41) is 11.6. The summed E-state index contributed by atoms with van der Waals surface area (Å²) in [7, 11) is 0. The molecule has 0 aliphatic heterocycles. The molecule has 1 heterocycles. The number of para-hydroxylation sites is 1. The van der Waals surface area contributed by atoms with Crippen LogP contribution in [0.25, 0.3) is 10.9 Å². The number of rotatable bonds is 5. The van der Waals surface area contributed by atoms with Gasteiger partial charge in [0.05, 0.1) is 10.4 Å². The number of ether oxygens (including phenoxy) is 1. The van der Waals surface area contributed by atoms with Gasteiger partial charge in [-0.2, -0.15) is 0 Å². The number of aromatic nitrogens is 1. The number of pyridine rings is 1. The monoisotopic (exact) mass is 336 g/mol. The highest BCUT2D eigenvalue weighted by Gasteiger charge is 2.15. The number of hydrogen-bond donors (Lipinski definition) is 0. The van der Waals surface area contributed by atoms with E-state index in [-0.39, 0.29) is 16.9 Å². The van der Waals surface area contributed by atoms with E-state index in [4.69, 9.17) is 4.74 Å². The number of ketones is 1. The quantitative estimate of drug-likeness (QED) is 0.307. The predicted molar refractivity (Wildman–Crippen MR) is 89.5 cm³/mol. The van der Waals surface area contributed by atoms with Crippen molar-refractivity contribution in [1.29, 1.82) is 0 Å². The van der Waals surface area contributed by atoms with Gasteiger partial charge in [0.2, 0.25) is 5.78 Å². The van der Waals surface area contributed by atoms with Crippen LogP contribution in [0.1, 0.15) is 20.8 Å². The van der Waals surface area contributed by atoms with Gasteiger partial charge in [0.25, 0.3) is 5.69 Å². The molecule has 0 aliphatic carbocycles. The van der Waals surface area contributed by atoms with E-state index in [1.165, 1.54) is 24.3 Å². The fourth-order valence-corrected chi connectivity index (χ4v) is 2.26. The lowest BCUT2D eigenvalue weighted by Crippen LogP contribution is -2.15. The minimum atomic E-state index is -0.732. The third kappa shape index (κ3) is 3.66. The summed E-state index contributed by atoms with van der Waals surface area (Å²) >= 11 is 0. The molecular weight excluding hydrogens is 324 g/mol. The van der Waals surface area contributed by atoms with Crippen molar-refractivity contribution < 1.29 is 19.2 Å². The number of carbonyl (C=O) groups excluding carboxylic acids is 2. The van der Waals surface area contributed by atoms with Crippen LogP contribution < -0.4 is 0 Å². The molecule has 0 saturated carbocycles. The SMILES string of the molecule is O=C(COC(=O)c1ccc2ccccc2n1)c1cccc([N+](=O)[O-])c1. The molecule has 0 bridgehead atoms. The molecule has 0 atom stereocenters. The van der Waals surface area contributed by atoms with Crippen LogP contribution in [0.15, 0.2) is 60.7 Å². The smallest absolute Gasteiger partial charge is 0.357 e. The van der Waals surface area contributed by atoms with Gasteiger partial charge in [-0.05, 0) is 12.1 Å². The van der Waals surface area contributed by atoms with E-state index in [1.807, 2.05) is 12.1 Å². The van der Waals surface area contributed by atoms with Crippen LogP contribution in [0.5, 0.6) is 0 Å². The molecule has 2 aromatic carbocycles. The Labute approximate surface area is 142 Å². The van der Waals surface area contributed by atoms with Gasteiger partial charge >= 0.3 is 5.97 Å². The van der Waals surface area contributed by atoms with Gasteiger partial charge in [-0.3, -0.25) is 14.9 Å². The normalized spacial score (nSPS) is 10.4. The van der Waals surface area contributed by atoms with E-state index in [0.717, 1.165) is 11.5 Å². The van der Waals surface area contributed by atoms with Gasteiger partial charge < -0.3 is 4.74 Å². The fraction of sp³-hybridized carbons (Fsp3) is 0.0556. The first-order valence-electron chi connectivity index (χ1n) is 7.35. The van der Waals surface area contributed by atoms with Crippen molar-refractivity contribution in [3.8, 4) is 0 Å². The predicted octanol–water partition coefficient (Wildman–Crippen LogP) is 3.18. The summed E-state index contributed by atoms with van der Waals surface area (Å²) in [4.78, 5) is 38.4. The maximum absolute atomic E-state index is 12.1. The molecule has 0 saturated heterocycles. The van der Waals surface area contributed by atoms with Crippen LogP contribution in [-0.2, 0) is 4.74 Å². The number of carbonyl (C=O) groups is 2. The number of Topliss-reactive ketones (excluding diaryl/α,β-unsaturated/α-hetero) is 1. The number of nitro groups is 1. The number of benzene rings is 2. The van der Waals surface area contributed by atoms with Crippen molar-refractivity contribution in [2.75, 3.05) is 6.61 Å². The molecule has 0 unspecified atom stereocenters. The average Bonchev–Trinajstić information content (AvgIpc) is 2.65. The first-order chi connectivity index (χ1) is 12.0. The Morgan fingerprint density at radius 3 is 2.64 bits per heavy atom. The second kappa shape index (κ2) is 6.88. The standard InChI is InChI=1S/C18H12N2O5/c21-17(13-5-3-6-14(10-13)20(23)24)11-25-18(22)16-9-8-12-4-1-2-7-15(12)19-16/h1-10H,11H2. The molecule has 0 fully saturated rings. The zero-order valence-electron chi connectivity index (χ0n) is 12.9. The lowest BCUT2D eigenvalue weighted by atomic mass is 10.1. The van der Waals surface area contributed by atoms with Gasteiger partial charge in [0, 0.05) is 23.1 Å². The summed E-state index contributed by atoms with van der Waals surface area (Å²) in [6.45, 7) is -0.519. The molecule has 7 nitrogen and oxygen atoms in total. The minimum Gasteiger partial charge on any atom is -0.453 e. The Hall–Kier alpha value is -3.61. The first kappa shape index (κ1) is 16.3. The van der Waals surface area contributed by atoms with Crippen LogP contribution in [0.4, 0.5) is 5.69 Å². The van der Waals surface area contributed by atoms with Gasteiger partial charge in [-0.15, -0.1) is 0 Å². The van der Waals surface area contributed by atoms with E-state index < -0.39 is 23.3 Å². The summed E-state index contributed by atoms with van der Waals surface area (Å²) in [6.07, 6.45) is 0. The van der Waals surface area contributed by atoms with Crippen molar-refractivity contribution in [3.05, 3.63) is 82.0 Å². The molecule has 3 aromatic rings. The Morgan fingerprint density at radius 1 is 1.04 bits per heavy atom. The fourth-order valence-electron chi connectivity index (χ4n) is 2.26. The molecule has 7 heteroatoms. The van der Waals surface area contributed by atoms with Gasteiger partial charge in [0.1, 0.15) is 5.69 Å². The van der Waals surface area contributed by atoms with E-state index in [0.29, 0.717) is 5.52 Å². The van der Waals surface area contributed by atoms with Crippen molar-refractivity contribution in [2.24, 2.45) is 0 Å². The zero-order chi connectivity index (χ0) is 17.8. The molecule has 0 N–H and O–H groups in total. The number of nitrogens with zero attached hydrogens (tertiary/aromatic N) is 2. The second-order valence-corrected chi connectivity index (χ2v) is 5.20. The highest BCUT2D eigenvalue weighted by atomic mass is 16.6. The minimum absolute atomic E-state index is 0.0885. The molecule has 0 spiro atoms. The van der Waals surface area contributed by atoms with Crippen LogP contribution >= 0.6 is 0 Å². The Kier molecular flexibility index (Phi) is 4.47. The van der Waals surface area contributed by atoms with E-state index in [2.05, 4.69) is 4.98 Å². The maximum atomic E-state index is 12.1. The Bertz CT molecular complexity index is 984. The van der Waals surface area contributed by atoms with Gasteiger partial charge in [0.15, 0.2) is 6.61 Å². The molecule has 0 aliphatic rings. The number of nitro benzene ring substituents is 1. The molecule has 124 valence electrons. The van der Waals surface area contributed by atoms with E-state index >= 15 is 0 Å². The highest BCUT2D eigenvalue weighted by molar-refractivity contribution is 5.99. The van der Waals surface area contributed by atoms with Crippen LogP contribution in [0, 0.1) is 10.1 Å². The lowest BCUT2D eigenvalue weighted by Gasteiger charge is -2.05. The number of hydrogen-bond acceptors (Lipinski definition) is 6. The molecule has 25 heavy (non-hydrogen) atoms. The lowest BCUT2D eigenvalue weighted by molar-refractivity contribution is -0.384. The van der Waals surface area contributed by atoms with Crippen LogP contribution in [-0.4, -0.2) is 28.3 Å². The molecular formula is C18H12N2O5. The topological polar surface area (TPSA) is 99.4 Å². The summed E-state index contributed by atoms with van der Waals surface area (Å²) in [5.74, 6) is -1.26. The van der Waals surface area contributed by atoms with Crippen molar-refractivity contribution in [1.82, 2.24) is 4.98 Å². The zero-order valence-corrected chi connectivity index (χ0v) is 12.9. The van der Waals surface area contributed by atoms with Crippen molar-refractivity contribution in [2.45, 2.75) is 0 Å². The largest absolute Gasteiger partial charge is 0.453 e. The maximum Gasteiger partial charge on any atom is 0.357 e. The van der Waals surface area contributed by atoms with Gasteiger partial charge in [-0.1, -0.05) is 36.4 Å². The molecule has 0 radical (unpaired) electrons. The van der Waals surface area contributed by atoms with Crippen molar-refractivity contribution in [3.63, 3.8) is 0 Å². The van der Waals surface area contributed by atoms with Crippen molar-refractivity contribution >= 4 is 28.3 Å². The summed E-state index contributed by atoms with van der Waals surface area (Å²) in [5.41, 5.74) is 0.634. The average molecular weight is 336 g/mol. The second-order valence-electron chi connectivity index (χ2n) is 5.20. The highest BCUT2D eigenvalue weighted by Crippen LogP contribution is 2.15. The summed E-state index contributed by atoms with van der Waals surface area (Å²) in [6, 6.07) is 15.8. The van der Waals surface area contributed by atoms with Crippen LogP contribution in [0.2, 0.25) is 0 Å². The molecule has 1 aromatic heterocycles. The van der Waals surface area contributed by atoms with Gasteiger partial charge in [-0.25, -0.2) is 9.78 Å². The van der Waals surface area contributed by atoms with E-state index in [1.54, 1.807) is 18.2 Å². The van der Waals surface area contributed by atoms with E-state index in [9.17, 15) is 19.7 Å². The third-order valence-corrected chi connectivity index (χ3v) is 3.52. The van der Waals surface area contributed by atoms with Crippen LogP contribution in [0.3, 0.4) is 0 Å². The first-order valence-corrected chi connectivity index (χ1v) is 7.35. The number of fused-ring (bicyclic) bond motifs is 1. The Morgan fingerprint density at radius 2 is 1.84 bits per heavy atom. The number of non-ortho nitro benzene ring substituents is 1. The molecule has 3 rings (SSSR count). The Balaban J connectivity index is 1.69. The molecule has 0 amide bonds.